The average Bonchev–Trinajstić information content (AvgIpc) is 2.69. The van der Waals surface area contributed by atoms with Gasteiger partial charge in [0.2, 0.25) is 7.26 Å². The minimum absolute atomic E-state index is 0.157. The van der Waals surface area contributed by atoms with Crippen LogP contribution in [0.4, 0.5) is 4.79 Å². The van der Waals surface area contributed by atoms with Crippen molar-refractivity contribution in [3.8, 4) is 0 Å². The molecule has 0 aromatic heterocycles. The Morgan fingerprint density at radius 3 is 1.40 bits per heavy atom. The molecule has 0 spiro atoms. The summed E-state index contributed by atoms with van der Waals surface area (Å²) in [5.74, 6) is 0. The summed E-state index contributed by atoms with van der Waals surface area (Å²) in [5.41, 5.74) is -0.157. The molecule has 4 heteroatoms. The molecule has 0 atom stereocenters. The molecule has 126 valence electrons. The summed E-state index contributed by atoms with van der Waals surface area (Å²) in [7, 11) is -2.56. The highest BCUT2D eigenvalue weighted by molar-refractivity contribution is 9.09. The summed E-state index contributed by atoms with van der Waals surface area (Å²) in [6, 6.07) is 30.0. The Labute approximate surface area is 157 Å². The second-order valence-electron chi connectivity index (χ2n) is 5.48. The second-order valence-corrected chi connectivity index (χ2v) is 9.53. The second kappa shape index (κ2) is 8.42. The van der Waals surface area contributed by atoms with Crippen molar-refractivity contribution >= 4 is 44.8 Å². The van der Waals surface area contributed by atoms with E-state index in [2.05, 4.69) is 15.9 Å². The van der Waals surface area contributed by atoms with Crippen molar-refractivity contribution in [2.45, 2.75) is 0 Å². The highest BCUT2D eigenvalue weighted by Crippen LogP contribution is 2.56. The molecule has 2 nitrogen and oxygen atoms in total. The van der Waals surface area contributed by atoms with Gasteiger partial charge >= 0.3 is 5.71 Å². The number of halogens is 1. The maximum absolute atomic E-state index is 13.4. The van der Waals surface area contributed by atoms with E-state index in [4.69, 9.17) is 4.74 Å². The summed E-state index contributed by atoms with van der Waals surface area (Å²) in [4.78, 5) is 13.4. The Kier molecular flexibility index (Phi) is 6.01. The van der Waals surface area contributed by atoms with Gasteiger partial charge in [-0.2, -0.15) is 0 Å². The van der Waals surface area contributed by atoms with Gasteiger partial charge < -0.3 is 4.74 Å². The van der Waals surface area contributed by atoms with Crippen LogP contribution in [0.2, 0.25) is 0 Å². The molecule has 0 aliphatic rings. The van der Waals surface area contributed by atoms with Gasteiger partial charge in [0.25, 0.3) is 0 Å². The van der Waals surface area contributed by atoms with Gasteiger partial charge in [0.15, 0.2) is 0 Å². The van der Waals surface area contributed by atoms with Gasteiger partial charge in [-0.05, 0) is 36.4 Å². The number of hydrogen-bond donors (Lipinski definition) is 0. The molecule has 0 saturated heterocycles. The topological polar surface area (TPSA) is 26.3 Å². The van der Waals surface area contributed by atoms with Crippen molar-refractivity contribution < 1.29 is 9.53 Å². The molecule has 0 fully saturated rings. The molecule has 0 saturated carbocycles. The monoisotopic (exact) mass is 413 g/mol. The van der Waals surface area contributed by atoms with E-state index in [1.807, 2.05) is 91.0 Å². The molecular weight excluding hydrogens is 395 g/mol. The van der Waals surface area contributed by atoms with Crippen molar-refractivity contribution in [3.05, 3.63) is 91.0 Å². The molecule has 0 amide bonds. The van der Waals surface area contributed by atoms with Crippen LogP contribution in [0.15, 0.2) is 91.0 Å². The van der Waals surface area contributed by atoms with Crippen LogP contribution in [0, 0.1) is 0 Å². The zero-order valence-corrected chi connectivity index (χ0v) is 16.2. The van der Waals surface area contributed by atoms with Crippen LogP contribution >= 0.6 is 23.2 Å². The fraction of sp³-hybridized carbons (Fsp3) is 0.0952. The fourth-order valence-corrected chi connectivity index (χ4v) is 6.77. The number of carbonyl (C=O) groups is 1. The minimum Gasteiger partial charge on any atom is -0.434 e. The summed E-state index contributed by atoms with van der Waals surface area (Å²) in [6.45, 7) is 0.354. The summed E-state index contributed by atoms with van der Waals surface area (Å²) >= 11 is 3.35. The Hall–Kier alpha value is -1.96. The molecule has 25 heavy (non-hydrogen) atoms. The van der Waals surface area contributed by atoms with E-state index in [0.29, 0.717) is 11.9 Å². The predicted molar refractivity (Wildman–Crippen MR) is 110 cm³/mol. The molecule has 0 aliphatic heterocycles. The minimum atomic E-state index is -2.56. The molecule has 0 N–H and O–H groups in total. The first-order valence-corrected chi connectivity index (χ1v) is 11.0. The van der Waals surface area contributed by atoms with E-state index in [9.17, 15) is 4.79 Å². The maximum Gasteiger partial charge on any atom is 0.466 e. The van der Waals surface area contributed by atoms with Gasteiger partial charge in [0, 0.05) is 5.33 Å². The van der Waals surface area contributed by atoms with Crippen molar-refractivity contribution in [1.29, 1.82) is 0 Å². The van der Waals surface area contributed by atoms with E-state index >= 15 is 0 Å². The Balaban J connectivity index is 2.30. The normalized spacial score (nSPS) is 11.1. The summed E-state index contributed by atoms with van der Waals surface area (Å²) in [6.07, 6.45) is 0. The van der Waals surface area contributed by atoms with E-state index in [0.717, 1.165) is 15.9 Å². The lowest BCUT2D eigenvalue weighted by Crippen LogP contribution is -2.37. The van der Waals surface area contributed by atoms with Gasteiger partial charge in [-0.3, -0.25) is 0 Å². The number of carbonyl (C=O) groups excluding carboxylic acids is 1. The highest BCUT2D eigenvalue weighted by Gasteiger charge is 2.55. The van der Waals surface area contributed by atoms with Crippen LogP contribution in [0.3, 0.4) is 0 Å². The molecule has 0 radical (unpaired) electrons. The number of benzene rings is 3. The molecule has 0 aliphatic carbocycles. The van der Waals surface area contributed by atoms with Crippen molar-refractivity contribution in [3.63, 3.8) is 0 Å². The lowest BCUT2D eigenvalue weighted by Gasteiger charge is -2.24. The third-order valence-electron chi connectivity index (χ3n) is 4.01. The van der Waals surface area contributed by atoms with Crippen LogP contribution in [-0.2, 0) is 4.74 Å². The number of hydrogen-bond acceptors (Lipinski definition) is 2. The molecular formula is C21H19BrO2P+. The lowest BCUT2D eigenvalue weighted by atomic mass is 10.4. The van der Waals surface area contributed by atoms with E-state index in [1.165, 1.54) is 0 Å². The Morgan fingerprint density at radius 1 is 0.720 bits per heavy atom. The molecule has 0 heterocycles. The van der Waals surface area contributed by atoms with E-state index in [-0.39, 0.29) is 5.71 Å². The van der Waals surface area contributed by atoms with Crippen LogP contribution in [0.5, 0.6) is 0 Å². The van der Waals surface area contributed by atoms with Gasteiger partial charge in [-0.1, -0.05) is 70.5 Å². The molecule has 3 rings (SSSR count). The predicted octanol–water partition coefficient (Wildman–Crippen LogP) is 4.51. The third kappa shape index (κ3) is 3.53. The Bertz CT molecular complexity index is 710. The van der Waals surface area contributed by atoms with Gasteiger partial charge in [0.1, 0.15) is 22.5 Å². The first-order chi connectivity index (χ1) is 12.3. The third-order valence-corrected chi connectivity index (χ3v) is 8.23. The van der Waals surface area contributed by atoms with Gasteiger partial charge in [-0.15, -0.1) is 0 Å². The quantitative estimate of drug-likeness (QED) is 0.438. The van der Waals surface area contributed by atoms with E-state index in [1.54, 1.807) is 0 Å². The molecule has 0 unspecified atom stereocenters. The Morgan fingerprint density at radius 2 is 1.08 bits per heavy atom. The number of rotatable bonds is 6. The van der Waals surface area contributed by atoms with Crippen LogP contribution in [0.25, 0.3) is 0 Å². The standard InChI is InChI=1S/C21H19BrO2P/c22-16-17-24-21(23)25(18-10-4-1-5-11-18,19-12-6-2-7-13-19)20-14-8-3-9-15-20/h1-15H,16-17H2/q+1. The molecule has 3 aromatic rings. The van der Waals surface area contributed by atoms with Crippen LogP contribution < -0.4 is 15.9 Å². The van der Waals surface area contributed by atoms with Crippen LogP contribution in [-0.4, -0.2) is 17.6 Å². The number of ether oxygens (including phenoxy) is 1. The lowest BCUT2D eigenvalue weighted by molar-refractivity contribution is 0.181. The van der Waals surface area contributed by atoms with Gasteiger partial charge in [0.05, 0.1) is 0 Å². The van der Waals surface area contributed by atoms with Crippen molar-refractivity contribution in [2.24, 2.45) is 0 Å². The van der Waals surface area contributed by atoms with Gasteiger partial charge in [-0.25, -0.2) is 4.79 Å². The number of alkyl halides is 1. The highest BCUT2D eigenvalue weighted by atomic mass is 79.9. The fourth-order valence-electron chi connectivity index (χ4n) is 2.94. The average molecular weight is 414 g/mol. The zero-order valence-electron chi connectivity index (χ0n) is 13.7. The molecule has 3 aromatic carbocycles. The largest absolute Gasteiger partial charge is 0.466 e. The van der Waals surface area contributed by atoms with Crippen molar-refractivity contribution in [1.82, 2.24) is 0 Å². The SMILES string of the molecule is O=C(OCCBr)[P+](c1ccccc1)(c1ccccc1)c1ccccc1. The maximum atomic E-state index is 13.4. The van der Waals surface area contributed by atoms with E-state index < -0.39 is 7.26 Å². The summed E-state index contributed by atoms with van der Waals surface area (Å²) < 4.78 is 5.68. The first kappa shape index (κ1) is 17.8. The molecule has 0 bridgehead atoms. The smallest absolute Gasteiger partial charge is 0.434 e. The van der Waals surface area contributed by atoms with Crippen LogP contribution in [0.1, 0.15) is 0 Å². The van der Waals surface area contributed by atoms with Crippen molar-refractivity contribution in [2.75, 3.05) is 11.9 Å². The summed E-state index contributed by atoms with van der Waals surface area (Å²) in [5, 5.41) is 3.64. The zero-order chi connectivity index (χ0) is 17.5. The first-order valence-electron chi connectivity index (χ1n) is 8.09.